The molecule has 4 nitrogen and oxygen atoms in total. The Kier molecular flexibility index (Phi) is 3.47. The molecule has 5 heteroatoms. The van der Waals surface area contributed by atoms with Gasteiger partial charge in [-0.05, 0) is 48.6 Å². The van der Waals surface area contributed by atoms with Crippen molar-refractivity contribution < 1.29 is 8.42 Å². The van der Waals surface area contributed by atoms with Gasteiger partial charge in [-0.3, -0.25) is 0 Å². The number of hydrogen-bond acceptors (Lipinski definition) is 3. The number of hydrogen-bond donors (Lipinski definition) is 2. The van der Waals surface area contributed by atoms with Crippen molar-refractivity contribution in [3.63, 3.8) is 0 Å². The quantitative estimate of drug-likeness (QED) is 0.852. The summed E-state index contributed by atoms with van der Waals surface area (Å²) in [6.45, 7) is 1.73. The highest BCUT2D eigenvalue weighted by Gasteiger charge is 2.27. The normalized spacial score (nSPS) is 15.1. The van der Waals surface area contributed by atoms with Crippen molar-refractivity contribution in [1.29, 1.82) is 0 Å². The monoisotopic (exact) mass is 302 g/mol. The molecule has 0 spiro atoms. The Hall–Kier alpha value is -1.85. The molecule has 1 aliphatic carbocycles. The number of nitrogens with two attached hydrogens (primary N) is 1. The smallest absolute Gasteiger partial charge is 0.241 e. The van der Waals surface area contributed by atoms with Crippen molar-refractivity contribution in [3.8, 4) is 0 Å². The van der Waals surface area contributed by atoms with Gasteiger partial charge in [-0.1, -0.05) is 30.3 Å². The second-order valence-corrected chi connectivity index (χ2v) is 7.15. The lowest BCUT2D eigenvalue weighted by Crippen LogP contribution is -2.35. The summed E-state index contributed by atoms with van der Waals surface area (Å²) in [6, 6.07) is 12.9. The molecule has 0 atom stereocenters. The van der Waals surface area contributed by atoms with Gasteiger partial charge in [0.2, 0.25) is 10.0 Å². The third-order valence-electron chi connectivity index (χ3n) is 3.99. The lowest BCUT2D eigenvalue weighted by atomic mass is 10.1. The summed E-state index contributed by atoms with van der Waals surface area (Å²) in [5.41, 5.74) is 9.33. The van der Waals surface area contributed by atoms with Gasteiger partial charge in [-0.15, -0.1) is 0 Å². The Bertz CT molecular complexity index is 760. The molecule has 110 valence electrons. The number of nitrogen functional groups attached to an aromatic ring is 1. The van der Waals surface area contributed by atoms with Crippen molar-refractivity contribution >= 4 is 15.7 Å². The minimum atomic E-state index is -3.54. The van der Waals surface area contributed by atoms with Gasteiger partial charge in [-0.2, -0.15) is 0 Å². The van der Waals surface area contributed by atoms with Crippen LogP contribution < -0.4 is 10.5 Å². The number of sulfonamides is 1. The molecule has 2 aromatic carbocycles. The molecule has 2 aromatic rings. The lowest BCUT2D eigenvalue weighted by Gasteiger charge is -2.15. The van der Waals surface area contributed by atoms with E-state index in [-0.39, 0.29) is 10.9 Å². The highest BCUT2D eigenvalue weighted by atomic mass is 32.2. The van der Waals surface area contributed by atoms with Gasteiger partial charge in [0.15, 0.2) is 0 Å². The van der Waals surface area contributed by atoms with E-state index < -0.39 is 10.0 Å². The molecule has 0 fully saturated rings. The number of nitrogens with one attached hydrogen (secondary N) is 1. The average molecular weight is 302 g/mol. The maximum atomic E-state index is 12.5. The van der Waals surface area contributed by atoms with Gasteiger partial charge in [0.25, 0.3) is 0 Å². The Morgan fingerprint density at radius 1 is 1.05 bits per heavy atom. The second-order valence-electron chi connectivity index (χ2n) is 5.47. The van der Waals surface area contributed by atoms with E-state index in [1.54, 1.807) is 25.1 Å². The van der Waals surface area contributed by atoms with Crippen molar-refractivity contribution in [2.45, 2.75) is 30.7 Å². The fourth-order valence-electron chi connectivity index (χ4n) is 2.85. The van der Waals surface area contributed by atoms with E-state index in [2.05, 4.69) is 16.9 Å². The third kappa shape index (κ3) is 2.66. The maximum Gasteiger partial charge on any atom is 0.241 e. The molecule has 3 N–H and O–H groups in total. The van der Waals surface area contributed by atoms with Gasteiger partial charge in [0.05, 0.1) is 4.90 Å². The zero-order chi connectivity index (χ0) is 15.0. The average Bonchev–Trinajstić information content (AvgIpc) is 2.82. The first kappa shape index (κ1) is 14.1. The molecule has 0 unspecified atom stereocenters. The Labute approximate surface area is 125 Å². The van der Waals surface area contributed by atoms with E-state index in [1.165, 1.54) is 11.1 Å². The Morgan fingerprint density at radius 2 is 1.67 bits per heavy atom. The summed E-state index contributed by atoms with van der Waals surface area (Å²) < 4.78 is 27.9. The van der Waals surface area contributed by atoms with Crippen LogP contribution in [-0.2, 0) is 22.9 Å². The van der Waals surface area contributed by atoms with Crippen LogP contribution in [-0.4, -0.2) is 14.5 Å². The fraction of sp³-hybridized carbons (Fsp3) is 0.250. The number of anilines is 1. The van der Waals surface area contributed by atoms with Crippen LogP contribution in [0.5, 0.6) is 0 Å². The van der Waals surface area contributed by atoms with Gasteiger partial charge >= 0.3 is 0 Å². The minimum Gasteiger partial charge on any atom is -0.398 e. The molecule has 0 aromatic heterocycles. The van der Waals surface area contributed by atoms with E-state index in [1.807, 2.05) is 12.1 Å². The molecule has 0 amide bonds. The summed E-state index contributed by atoms with van der Waals surface area (Å²) in [7, 11) is -3.54. The van der Waals surface area contributed by atoms with Crippen LogP contribution in [0.3, 0.4) is 0 Å². The van der Waals surface area contributed by atoms with Crippen LogP contribution in [0.4, 0.5) is 5.69 Å². The molecule has 0 saturated carbocycles. The van der Waals surface area contributed by atoms with E-state index in [9.17, 15) is 8.42 Å². The molecule has 0 aliphatic heterocycles. The fourth-order valence-corrected chi connectivity index (χ4v) is 4.36. The molecule has 0 saturated heterocycles. The molecule has 0 bridgehead atoms. The first-order valence-corrected chi connectivity index (χ1v) is 8.40. The summed E-state index contributed by atoms with van der Waals surface area (Å²) in [5.74, 6) is 0. The summed E-state index contributed by atoms with van der Waals surface area (Å²) in [6.07, 6.45) is 1.47. The van der Waals surface area contributed by atoms with Crippen LogP contribution in [0.15, 0.2) is 47.4 Å². The number of fused-ring (bicyclic) bond motifs is 1. The molecule has 0 heterocycles. The molecular formula is C16H18N2O2S. The van der Waals surface area contributed by atoms with Crippen molar-refractivity contribution in [2.24, 2.45) is 0 Å². The first-order chi connectivity index (χ1) is 9.97. The molecule has 3 rings (SSSR count). The van der Waals surface area contributed by atoms with Crippen LogP contribution in [0.1, 0.15) is 16.7 Å². The lowest BCUT2D eigenvalue weighted by molar-refractivity contribution is 0.555. The van der Waals surface area contributed by atoms with Crippen LogP contribution in [0.2, 0.25) is 0 Å². The van der Waals surface area contributed by atoms with Gasteiger partial charge in [-0.25, -0.2) is 13.1 Å². The molecule has 1 aliphatic rings. The zero-order valence-corrected chi connectivity index (χ0v) is 12.7. The summed E-state index contributed by atoms with van der Waals surface area (Å²) in [5, 5.41) is 0. The van der Waals surface area contributed by atoms with E-state index in [4.69, 9.17) is 5.73 Å². The van der Waals surface area contributed by atoms with Crippen molar-refractivity contribution in [2.75, 3.05) is 5.73 Å². The van der Waals surface area contributed by atoms with Gasteiger partial charge < -0.3 is 5.73 Å². The maximum absolute atomic E-state index is 12.5. The topological polar surface area (TPSA) is 72.2 Å². The third-order valence-corrected chi connectivity index (χ3v) is 5.65. The summed E-state index contributed by atoms with van der Waals surface area (Å²) in [4.78, 5) is 0.262. The second kappa shape index (κ2) is 5.16. The Morgan fingerprint density at radius 3 is 2.29 bits per heavy atom. The predicted octanol–water partition coefficient (Wildman–Crippen LogP) is 2.02. The molecule has 21 heavy (non-hydrogen) atoms. The van der Waals surface area contributed by atoms with Crippen LogP contribution in [0.25, 0.3) is 0 Å². The highest BCUT2D eigenvalue weighted by molar-refractivity contribution is 7.89. The van der Waals surface area contributed by atoms with Crippen LogP contribution in [0, 0.1) is 6.92 Å². The highest BCUT2D eigenvalue weighted by Crippen LogP contribution is 2.25. The van der Waals surface area contributed by atoms with E-state index >= 15 is 0 Å². The molecule has 0 radical (unpaired) electrons. The minimum absolute atomic E-state index is 0.0896. The summed E-state index contributed by atoms with van der Waals surface area (Å²) >= 11 is 0. The van der Waals surface area contributed by atoms with Gasteiger partial charge in [0.1, 0.15) is 0 Å². The zero-order valence-electron chi connectivity index (χ0n) is 11.8. The molecular weight excluding hydrogens is 284 g/mol. The van der Waals surface area contributed by atoms with Gasteiger partial charge in [0, 0.05) is 11.7 Å². The van der Waals surface area contributed by atoms with Crippen molar-refractivity contribution in [1.82, 2.24) is 4.72 Å². The first-order valence-electron chi connectivity index (χ1n) is 6.91. The largest absolute Gasteiger partial charge is 0.398 e. The van der Waals surface area contributed by atoms with E-state index in [0.717, 1.165) is 12.8 Å². The number of rotatable bonds is 3. The standard InChI is InChI=1S/C16H18N2O2S/c1-11-15(17)7-4-8-16(11)21(19,20)18-14-9-12-5-2-3-6-13(12)10-14/h2-8,14,18H,9-10,17H2,1H3. The SMILES string of the molecule is Cc1c(N)cccc1S(=O)(=O)NC1Cc2ccccc2C1. The van der Waals surface area contributed by atoms with E-state index in [0.29, 0.717) is 11.3 Å². The van der Waals surface area contributed by atoms with Crippen molar-refractivity contribution in [3.05, 3.63) is 59.2 Å². The predicted molar refractivity (Wildman–Crippen MR) is 83.6 cm³/mol. The van der Waals surface area contributed by atoms with Crippen LogP contribution >= 0.6 is 0 Å². The Balaban J connectivity index is 1.84. The number of benzene rings is 2.